The van der Waals surface area contributed by atoms with Gasteiger partial charge in [-0.05, 0) is 29.7 Å². The van der Waals surface area contributed by atoms with Gasteiger partial charge < -0.3 is 15.9 Å². The number of benzene rings is 2. The van der Waals surface area contributed by atoms with Crippen molar-refractivity contribution in [2.24, 2.45) is 5.73 Å². The van der Waals surface area contributed by atoms with Crippen molar-refractivity contribution in [1.82, 2.24) is 0 Å². The predicted octanol–water partition coefficient (Wildman–Crippen LogP) is 2.87. The summed E-state index contributed by atoms with van der Waals surface area (Å²) in [6.07, 6.45) is 2.30. The van der Waals surface area contributed by atoms with Gasteiger partial charge in [0, 0.05) is 0 Å². The first-order chi connectivity index (χ1) is 9.13. The molecule has 19 heavy (non-hydrogen) atoms. The molecule has 3 heteroatoms. The molecule has 3 nitrogen and oxygen atoms in total. The van der Waals surface area contributed by atoms with E-state index in [2.05, 4.69) is 6.58 Å². The van der Waals surface area contributed by atoms with Crippen LogP contribution in [0.2, 0.25) is 0 Å². The summed E-state index contributed by atoms with van der Waals surface area (Å²) >= 11 is 0. The highest BCUT2D eigenvalue weighted by atomic mass is 16.3. The zero-order valence-corrected chi connectivity index (χ0v) is 10.6. The Morgan fingerprint density at radius 1 is 1.11 bits per heavy atom. The molecule has 0 aromatic heterocycles. The zero-order valence-electron chi connectivity index (χ0n) is 10.6. The molecule has 0 bridgehead atoms. The number of allylic oxidation sites excluding steroid dienone is 1. The number of nitrogens with two attached hydrogens (primary N) is 1. The third-order valence-electron chi connectivity index (χ3n) is 3.05. The van der Waals surface area contributed by atoms with E-state index in [0.29, 0.717) is 12.0 Å². The summed E-state index contributed by atoms with van der Waals surface area (Å²) in [4.78, 5) is 0. The van der Waals surface area contributed by atoms with E-state index < -0.39 is 6.04 Å². The van der Waals surface area contributed by atoms with Crippen molar-refractivity contribution in [3.05, 3.63) is 71.8 Å². The fourth-order valence-electron chi connectivity index (χ4n) is 2.11. The summed E-state index contributed by atoms with van der Waals surface area (Å²) in [7, 11) is 0. The molecule has 0 fully saturated rings. The van der Waals surface area contributed by atoms with Crippen molar-refractivity contribution in [2.45, 2.75) is 12.5 Å². The molecule has 0 saturated carbocycles. The number of phenolic OH excluding ortho intramolecular Hbond substituents is 2. The zero-order chi connectivity index (χ0) is 13.8. The minimum atomic E-state index is -0.556. The highest BCUT2D eigenvalue weighted by molar-refractivity contribution is 5.51. The second kappa shape index (κ2) is 5.59. The van der Waals surface area contributed by atoms with Crippen LogP contribution in [0.1, 0.15) is 22.7 Å². The molecule has 0 aliphatic carbocycles. The summed E-state index contributed by atoms with van der Waals surface area (Å²) in [6, 6.07) is 12.0. The van der Waals surface area contributed by atoms with E-state index in [0.717, 1.165) is 11.1 Å². The highest BCUT2D eigenvalue weighted by Gasteiger charge is 2.18. The maximum atomic E-state index is 10.1. The first kappa shape index (κ1) is 13.2. The summed E-state index contributed by atoms with van der Waals surface area (Å²) in [5.41, 5.74) is 8.09. The molecule has 0 spiro atoms. The van der Waals surface area contributed by atoms with Crippen molar-refractivity contribution in [3.8, 4) is 11.5 Å². The van der Waals surface area contributed by atoms with Crippen LogP contribution in [0.4, 0.5) is 0 Å². The van der Waals surface area contributed by atoms with Crippen LogP contribution in [0, 0.1) is 0 Å². The molecular weight excluding hydrogens is 238 g/mol. The van der Waals surface area contributed by atoms with Gasteiger partial charge in [-0.2, -0.15) is 0 Å². The molecule has 1 atom stereocenters. The van der Waals surface area contributed by atoms with E-state index in [1.165, 1.54) is 0 Å². The first-order valence-electron chi connectivity index (χ1n) is 6.09. The summed E-state index contributed by atoms with van der Waals surface area (Å²) < 4.78 is 0. The maximum absolute atomic E-state index is 10.1. The average Bonchev–Trinajstić information content (AvgIpc) is 2.39. The summed E-state index contributed by atoms with van der Waals surface area (Å²) in [5.74, 6) is 0.0152. The van der Waals surface area contributed by atoms with Crippen molar-refractivity contribution >= 4 is 0 Å². The number of hydrogen-bond donors (Lipinski definition) is 3. The standard InChI is InChI=1S/C16H17NO2/c1-2-6-11-9-13(18)15(14(19)10-11)16(17)12-7-4-3-5-8-12/h2-5,7-10,16,18-19H,1,6,17H2. The van der Waals surface area contributed by atoms with Gasteiger partial charge in [0.2, 0.25) is 0 Å². The van der Waals surface area contributed by atoms with E-state index in [-0.39, 0.29) is 11.5 Å². The number of rotatable bonds is 4. The topological polar surface area (TPSA) is 66.5 Å². The second-order valence-electron chi connectivity index (χ2n) is 4.43. The highest BCUT2D eigenvalue weighted by Crippen LogP contribution is 2.36. The van der Waals surface area contributed by atoms with Gasteiger partial charge in [-0.15, -0.1) is 6.58 Å². The molecule has 0 aliphatic rings. The van der Waals surface area contributed by atoms with Gasteiger partial charge in [0.1, 0.15) is 11.5 Å². The molecule has 0 heterocycles. The molecule has 0 aliphatic heterocycles. The maximum Gasteiger partial charge on any atom is 0.124 e. The van der Waals surface area contributed by atoms with Crippen LogP contribution < -0.4 is 5.73 Å². The fraction of sp³-hybridized carbons (Fsp3) is 0.125. The third kappa shape index (κ3) is 2.77. The van der Waals surface area contributed by atoms with Crippen LogP contribution in [0.3, 0.4) is 0 Å². The largest absolute Gasteiger partial charge is 0.507 e. The molecule has 98 valence electrons. The van der Waals surface area contributed by atoms with Crippen molar-refractivity contribution in [1.29, 1.82) is 0 Å². The first-order valence-corrected chi connectivity index (χ1v) is 6.09. The lowest BCUT2D eigenvalue weighted by Gasteiger charge is -2.16. The van der Waals surface area contributed by atoms with Crippen LogP contribution in [0.5, 0.6) is 11.5 Å². The van der Waals surface area contributed by atoms with Gasteiger partial charge in [-0.3, -0.25) is 0 Å². The summed E-state index contributed by atoms with van der Waals surface area (Å²) in [6.45, 7) is 3.63. The molecule has 0 radical (unpaired) electrons. The smallest absolute Gasteiger partial charge is 0.124 e. The molecule has 1 unspecified atom stereocenters. The second-order valence-corrected chi connectivity index (χ2v) is 4.43. The SMILES string of the molecule is C=CCc1cc(O)c(C(N)c2ccccc2)c(O)c1. The molecule has 4 N–H and O–H groups in total. The predicted molar refractivity (Wildman–Crippen MR) is 76.1 cm³/mol. The van der Waals surface area contributed by atoms with Crippen molar-refractivity contribution in [2.75, 3.05) is 0 Å². The van der Waals surface area contributed by atoms with Crippen LogP contribution >= 0.6 is 0 Å². The normalized spacial score (nSPS) is 12.1. The van der Waals surface area contributed by atoms with E-state index >= 15 is 0 Å². The quantitative estimate of drug-likeness (QED) is 0.736. The Balaban J connectivity index is 2.42. The third-order valence-corrected chi connectivity index (χ3v) is 3.05. The van der Waals surface area contributed by atoms with E-state index in [4.69, 9.17) is 5.73 Å². The van der Waals surface area contributed by atoms with E-state index in [1.54, 1.807) is 18.2 Å². The van der Waals surface area contributed by atoms with Gasteiger partial charge in [0.25, 0.3) is 0 Å². The fourth-order valence-corrected chi connectivity index (χ4v) is 2.11. The Bertz CT molecular complexity index is 556. The molecule has 2 aromatic rings. The lowest BCUT2D eigenvalue weighted by atomic mass is 9.96. The lowest BCUT2D eigenvalue weighted by molar-refractivity contribution is 0.433. The van der Waals surface area contributed by atoms with Gasteiger partial charge in [-0.25, -0.2) is 0 Å². The van der Waals surface area contributed by atoms with Gasteiger partial charge in [-0.1, -0.05) is 36.4 Å². The van der Waals surface area contributed by atoms with Gasteiger partial charge in [0.15, 0.2) is 0 Å². The monoisotopic (exact) mass is 255 g/mol. The minimum Gasteiger partial charge on any atom is -0.507 e. The van der Waals surface area contributed by atoms with E-state index in [1.807, 2.05) is 30.3 Å². The number of aromatic hydroxyl groups is 2. The Hall–Kier alpha value is -2.26. The lowest BCUT2D eigenvalue weighted by Crippen LogP contribution is -2.12. The Morgan fingerprint density at radius 2 is 1.68 bits per heavy atom. The Labute approximate surface area is 112 Å². The molecule has 2 rings (SSSR count). The summed E-state index contributed by atoms with van der Waals surface area (Å²) in [5, 5.41) is 20.1. The van der Waals surface area contributed by atoms with Crippen LogP contribution in [-0.4, -0.2) is 10.2 Å². The van der Waals surface area contributed by atoms with Crippen LogP contribution in [0.15, 0.2) is 55.1 Å². The van der Waals surface area contributed by atoms with Crippen LogP contribution in [-0.2, 0) is 6.42 Å². The average molecular weight is 255 g/mol. The van der Waals surface area contributed by atoms with Gasteiger partial charge >= 0.3 is 0 Å². The molecule has 0 saturated heterocycles. The number of hydrogen-bond acceptors (Lipinski definition) is 3. The van der Waals surface area contributed by atoms with Crippen molar-refractivity contribution < 1.29 is 10.2 Å². The van der Waals surface area contributed by atoms with Crippen molar-refractivity contribution in [3.63, 3.8) is 0 Å². The molecule has 0 amide bonds. The Kier molecular flexibility index (Phi) is 3.88. The van der Waals surface area contributed by atoms with E-state index in [9.17, 15) is 10.2 Å². The Morgan fingerprint density at radius 3 is 2.21 bits per heavy atom. The molecular formula is C16H17NO2. The van der Waals surface area contributed by atoms with Gasteiger partial charge in [0.05, 0.1) is 11.6 Å². The van der Waals surface area contributed by atoms with Crippen LogP contribution in [0.25, 0.3) is 0 Å². The minimum absolute atomic E-state index is 0.00760. The molecule has 2 aromatic carbocycles. The number of phenols is 2.